The lowest BCUT2D eigenvalue weighted by Crippen LogP contribution is -2.63. The first-order valence-corrected chi connectivity index (χ1v) is 8.11. The van der Waals surface area contributed by atoms with Crippen molar-refractivity contribution in [2.45, 2.75) is 75.3 Å². The van der Waals surface area contributed by atoms with E-state index in [2.05, 4.69) is 9.37 Å². The largest absolute Gasteiger partial charge is 0.388 e. The SMILES string of the molecule is CC1OC(O)C(O)[C@@H](O[C@@H]2OC(C)[C@@H](OSOOO)[C@H](O)C2O)[C@@H]1O. The van der Waals surface area contributed by atoms with Crippen LogP contribution in [0, 0.1) is 0 Å². The molecule has 0 aromatic carbocycles. The first-order chi connectivity index (χ1) is 11.8. The van der Waals surface area contributed by atoms with Crippen molar-refractivity contribution in [3.63, 3.8) is 0 Å². The molecular weight excluding hydrogens is 368 g/mol. The average Bonchev–Trinajstić information content (AvgIpc) is 2.57. The van der Waals surface area contributed by atoms with E-state index in [1.165, 1.54) is 13.8 Å². The van der Waals surface area contributed by atoms with Crippen molar-refractivity contribution in [1.29, 1.82) is 0 Å². The highest BCUT2D eigenvalue weighted by Gasteiger charge is 2.49. The number of aliphatic hydroxyl groups excluding tert-OH is 5. The molecule has 2 fully saturated rings. The zero-order valence-electron chi connectivity index (χ0n) is 13.3. The maximum atomic E-state index is 10.1. The third-order valence-corrected chi connectivity index (χ3v) is 4.49. The molecule has 10 atom stereocenters. The molecule has 12 nitrogen and oxygen atoms in total. The Morgan fingerprint density at radius 2 is 1.48 bits per heavy atom. The summed E-state index contributed by atoms with van der Waals surface area (Å²) < 4.78 is 24.8. The summed E-state index contributed by atoms with van der Waals surface area (Å²) in [6.07, 6.45) is -13.0. The van der Waals surface area contributed by atoms with Gasteiger partial charge >= 0.3 is 0 Å². The predicted molar refractivity (Wildman–Crippen MR) is 77.1 cm³/mol. The van der Waals surface area contributed by atoms with Gasteiger partial charge in [0.25, 0.3) is 0 Å². The molecule has 13 heteroatoms. The number of ether oxygens (including phenoxy) is 3. The van der Waals surface area contributed by atoms with Gasteiger partial charge in [-0.2, -0.15) is 0 Å². The van der Waals surface area contributed by atoms with E-state index in [0.717, 1.165) is 0 Å². The lowest BCUT2D eigenvalue weighted by Gasteiger charge is -2.45. The van der Waals surface area contributed by atoms with Gasteiger partial charge in [-0.25, -0.2) is 5.26 Å². The molecule has 2 aliphatic rings. The van der Waals surface area contributed by atoms with E-state index in [-0.39, 0.29) is 12.3 Å². The molecule has 2 rings (SSSR count). The minimum atomic E-state index is -1.61. The highest BCUT2D eigenvalue weighted by atomic mass is 32.2. The molecule has 2 aliphatic heterocycles. The maximum absolute atomic E-state index is 10.1. The Balaban J connectivity index is 2.00. The van der Waals surface area contributed by atoms with Crippen LogP contribution in [0.3, 0.4) is 0 Å². The lowest BCUT2D eigenvalue weighted by atomic mass is 9.97. The van der Waals surface area contributed by atoms with Gasteiger partial charge in [-0.3, -0.25) is 4.18 Å². The van der Waals surface area contributed by atoms with Crippen LogP contribution in [0.1, 0.15) is 13.8 Å². The first-order valence-electron chi connectivity index (χ1n) is 7.44. The van der Waals surface area contributed by atoms with Gasteiger partial charge in [-0.1, -0.05) is 5.04 Å². The summed E-state index contributed by atoms with van der Waals surface area (Å²) in [7, 11) is 0. The molecule has 0 aliphatic carbocycles. The topological polar surface area (TPSA) is 177 Å². The molecule has 2 heterocycles. The number of hydrogen-bond donors (Lipinski definition) is 6. The second-order valence-corrected chi connectivity index (χ2v) is 6.24. The third-order valence-electron chi connectivity index (χ3n) is 4.08. The van der Waals surface area contributed by atoms with Crippen molar-refractivity contribution in [2.75, 3.05) is 0 Å². The molecular formula is C12H22O12S. The van der Waals surface area contributed by atoms with Crippen molar-refractivity contribution in [2.24, 2.45) is 0 Å². The van der Waals surface area contributed by atoms with Crippen LogP contribution in [-0.2, 0) is 27.8 Å². The molecule has 0 bridgehead atoms. The zero-order valence-corrected chi connectivity index (χ0v) is 14.1. The Bertz CT molecular complexity index is 402. The quantitative estimate of drug-likeness (QED) is 0.123. The Labute approximate surface area is 147 Å². The van der Waals surface area contributed by atoms with Gasteiger partial charge in [0.1, 0.15) is 36.6 Å². The van der Waals surface area contributed by atoms with Gasteiger partial charge in [0, 0.05) is 0 Å². The fourth-order valence-electron chi connectivity index (χ4n) is 2.65. The van der Waals surface area contributed by atoms with Crippen LogP contribution < -0.4 is 0 Å². The smallest absolute Gasteiger partial charge is 0.198 e. The standard InChI is InChI=1S/C12H22O12S/c1-3-5(13)10(8(16)11(17)19-3)21-12-7(15)6(14)9(4(2)20-12)22-25-24-23-18/h3-18H,1-2H3/t3?,4?,5-,6-,7?,8?,9-,10+,11?,12+/m1/s1. The fourth-order valence-corrected chi connectivity index (χ4v) is 3.07. The molecule has 2 saturated heterocycles. The van der Waals surface area contributed by atoms with E-state index in [4.69, 9.17) is 23.7 Å². The molecule has 0 aromatic heterocycles. The van der Waals surface area contributed by atoms with Gasteiger partial charge in [0.2, 0.25) is 0 Å². The Kier molecular flexibility index (Phi) is 7.78. The van der Waals surface area contributed by atoms with Crippen molar-refractivity contribution < 1.29 is 58.6 Å². The molecule has 0 amide bonds. The molecule has 0 radical (unpaired) electrons. The fraction of sp³-hybridized carbons (Fsp3) is 1.00. The van der Waals surface area contributed by atoms with Gasteiger partial charge in [-0.15, -0.1) is 4.33 Å². The van der Waals surface area contributed by atoms with Gasteiger partial charge in [-0.05, 0) is 13.8 Å². The van der Waals surface area contributed by atoms with Gasteiger partial charge in [0.15, 0.2) is 24.9 Å². The Morgan fingerprint density at radius 3 is 2.12 bits per heavy atom. The highest BCUT2D eigenvalue weighted by molar-refractivity contribution is 7.89. The summed E-state index contributed by atoms with van der Waals surface area (Å²) in [5, 5.41) is 61.3. The van der Waals surface area contributed by atoms with Crippen molar-refractivity contribution in [3.8, 4) is 0 Å². The van der Waals surface area contributed by atoms with Crippen LogP contribution in [0.15, 0.2) is 0 Å². The maximum Gasteiger partial charge on any atom is 0.198 e. The zero-order chi connectivity index (χ0) is 18.7. The summed E-state index contributed by atoms with van der Waals surface area (Å²) in [6, 6.07) is 0. The van der Waals surface area contributed by atoms with Crippen LogP contribution in [0.2, 0.25) is 0 Å². The minimum absolute atomic E-state index is 0.214. The highest BCUT2D eigenvalue weighted by Crippen LogP contribution is 2.30. The molecule has 0 aromatic rings. The predicted octanol–water partition coefficient (Wildman–Crippen LogP) is -2.33. The van der Waals surface area contributed by atoms with E-state index >= 15 is 0 Å². The van der Waals surface area contributed by atoms with E-state index in [0.29, 0.717) is 0 Å². The van der Waals surface area contributed by atoms with Crippen LogP contribution in [0.25, 0.3) is 0 Å². The number of hydrogen-bond acceptors (Lipinski definition) is 13. The molecule has 6 N–H and O–H groups in total. The monoisotopic (exact) mass is 390 g/mol. The van der Waals surface area contributed by atoms with E-state index in [1.54, 1.807) is 0 Å². The van der Waals surface area contributed by atoms with E-state index in [9.17, 15) is 25.5 Å². The first kappa shape index (κ1) is 21.2. The number of aliphatic hydroxyl groups is 5. The molecule has 148 valence electrons. The Hall–Kier alpha value is -0.130. The summed E-state index contributed by atoms with van der Waals surface area (Å²) in [5.41, 5.74) is 0. The second-order valence-electron chi connectivity index (χ2n) is 5.78. The van der Waals surface area contributed by atoms with Crippen molar-refractivity contribution in [1.82, 2.24) is 0 Å². The average molecular weight is 390 g/mol. The summed E-state index contributed by atoms with van der Waals surface area (Å²) in [4.78, 5) is 0. The summed E-state index contributed by atoms with van der Waals surface area (Å²) in [6.45, 7) is 2.97. The van der Waals surface area contributed by atoms with Crippen LogP contribution in [0.5, 0.6) is 0 Å². The van der Waals surface area contributed by atoms with E-state index < -0.39 is 61.4 Å². The van der Waals surface area contributed by atoms with Gasteiger partial charge < -0.3 is 39.7 Å². The molecule has 0 saturated carbocycles. The van der Waals surface area contributed by atoms with E-state index in [1.807, 2.05) is 0 Å². The Morgan fingerprint density at radius 1 is 0.800 bits per heavy atom. The summed E-state index contributed by atoms with van der Waals surface area (Å²) >= 11 is 0.214. The lowest BCUT2D eigenvalue weighted by molar-refractivity contribution is -0.435. The molecule has 0 spiro atoms. The van der Waals surface area contributed by atoms with Crippen LogP contribution in [0.4, 0.5) is 0 Å². The van der Waals surface area contributed by atoms with Crippen molar-refractivity contribution >= 4 is 12.3 Å². The minimum Gasteiger partial charge on any atom is -0.388 e. The molecule has 25 heavy (non-hydrogen) atoms. The van der Waals surface area contributed by atoms with Crippen LogP contribution >= 0.6 is 12.3 Å². The van der Waals surface area contributed by atoms with Crippen molar-refractivity contribution in [3.05, 3.63) is 0 Å². The molecule has 5 unspecified atom stereocenters. The normalized spacial score (nSPS) is 48.5. The third kappa shape index (κ3) is 4.78. The summed E-state index contributed by atoms with van der Waals surface area (Å²) in [5.74, 6) is 0. The van der Waals surface area contributed by atoms with Crippen LogP contribution in [-0.4, -0.2) is 92.2 Å². The number of rotatable bonds is 6. The van der Waals surface area contributed by atoms with Gasteiger partial charge in [0.05, 0.1) is 12.2 Å². The second kappa shape index (κ2) is 9.18.